The standard InChI is InChI=1S/C19H16N2OS/c1-11-12(2)23-19-18(11)16(20-10-21-19)9-15-14-6-4-3-5-13(14)7-8-17(15)22/h3-8,10,22H,9H2,1-2H3. The van der Waals surface area contributed by atoms with E-state index >= 15 is 0 Å². The van der Waals surface area contributed by atoms with Gasteiger partial charge in [-0.25, -0.2) is 9.97 Å². The number of rotatable bonds is 2. The fourth-order valence-corrected chi connectivity index (χ4v) is 4.09. The van der Waals surface area contributed by atoms with Gasteiger partial charge < -0.3 is 5.11 Å². The molecule has 0 aliphatic carbocycles. The van der Waals surface area contributed by atoms with Crippen molar-refractivity contribution >= 4 is 32.3 Å². The first-order chi connectivity index (χ1) is 11.1. The second kappa shape index (κ2) is 5.32. The Morgan fingerprint density at radius 1 is 1.04 bits per heavy atom. The van der Waals surface area contributed by atoms with E-state index in [1.807, 2.05) is 18.2 Å². The molecule has 4 rings (SSSR count). The number of nitrogens with zero attached hydrogens (tertiary/aromatic N) is 2. The molecule has 1 N–H and O–H groups in total. The molecule has 0 saturated heterocycles. The van der Waals surface area contributed by atoms with Gasteiger partial charge in [-0.05, 0) is 36.2 Å². The Labute approximate surface area is 138 Å². The highest BCUT2D eigenvalue weighted by atomic mass is 32.1. The highest BCUT2D eigenvalue weighted by molar-refractivity contribution is 7.18. The van der Waals surface area contributed by atoms with E-state index in [0.29, 0.717) is 12.2 Å². The molecule has 0 aliphatic heterocycles. The van der Waals surface area contributed by atoms with Crippen LogP contribution in [0.5, 0.6) is 5.75 Å². The van der Waals surface area contributed by atoms with E-state index in [4.69, 9.17) is 0 Å². The molecule has 0 unspecified atom stereocenters. The van der Waals surface area contributed by atoms with Crippen molar-refractivity contribution in [3.05, 3.63) is 64.4 Å². The van der Waals surface area contributed by atoms with E-state index < -0.39 is 0 Å². The van der Waals surface area contributed by atoms with Crippen molar-refractivity contribution in [2.45, 2.75) is 20.3 Å². The van der Waals surface area contributed by atoms with Crippen molar-refractivity contribution in [2.24, 2.45) is 0 Å². The van der Waals surface area contributed by atoms with E-state index in [9.17, 15) is 5.11 Å². The molecular weight excluding hydrogens is 304 g/mol. The molecule has 23 heavy (non-hydrogen) atoms. The van der Waals surface area contributed by atoms with E-state index in [-0.39, 0.29) is 0 Å². The maximum atomic E-state index is 10.4. The summed E-state index contributed by atoms with van der Waals surface area (Å²) in [6.45, 7) is 4.23. The zero-order valence-corrected chi connectivity index (χ0v) is 13.8. The predicted octanol–water partition coefficient (Wildman–Crippen LogP) is 4.76. The first kappa shape index (κ1) is 14.2. The van der Waals surface area contributed by atoms with Crippen LogP contribution in [-0.2, 0) is 6.42 Å². The average Bonchev–Trinajstić information content (AvgIpc) is 2.86. The zero-order chi connectivity index (χ0) is 16.0. The van der Waals surface area contributed by atoms with Gasteiger partial charge in [-0.2, -0.15) is 0 Å². The minimum atomic E-state index is 0.320. The third kappa shape index (κ3) is 2.26. The normalized spacial score (nSPS) is 11.4. The molecule has 114 valence electrons. The van der Waals surface area contributed by atoms with E-state index in [2.05, 4.69) is 35.9 Å². The largest absolute Gasteiger partial charge is 0.508 e. The Balaban J connectivity index is 1.94. The van der Waals surface area contributed by atoms with Crippen LogP contribution in [0.15, 0.2) is 42.7 Å². The second-order valence-electron chi connectivity index (χ2n) is 5.74. The molecule has 0 fully saturated rings. The Kier molecular flexibility index (Phi) is 3.27. The van der Waals surface area contributed by atoms with Crippen molar-refractivity contribution in [3.63, 3.8) is 0 Å². The molecule has 2 aromatic carbocycles. The molecule has 2 aromatic heterocycles. The number of benzene rings is 2. The van der Waals surface area contributed by atoms with E-state index in [1.165, 1.54) is 10.4 Å². The van der Waals surface area contributed by atoms with Gasteiger partial charge in [-0.3, -0.25) is 0 Å². The topological polar surface area (TPSA) is 46.0 Å². The van der Waals surface area contributed by atoms with Crippen LogP contribution in [-0.4, -0.2) is 15.1 Å². The summed E-state index contributed by atoms with van der Waals surface area (Å²) >= 11 is 1.70. The van der Waals surface area contributed by atoms with Gasteiger partial charge in [0.2, 0.25) is 0 Å². The number of aromatic nitrogens is 2. The summed E-state index contributed by atoms with van der Waals surface area (Å²) in [5.74, 6) is 0.320. The Morgan fingerprint density at radius 3 is 2.74 bits per heavy atom. The maximum absolute atomic E-state index is 10.4. The average molecular weight is 320 g/mol. The van der Waals surface area contributed by atoms with Crippen LogP contribution in [0.1, 0.15) is 21.7 Å². The minimum absolute atomic E-state index is 0.320. The lowest BCUT2D eigenvalue weighted by atomic mass is 9.98. The molecule has 2 heterocycles. The van der Waals surface area contributed by atoms with Crippen LogP contribution < -0.4 is 0 Å². The van der Waals surface area contributed by atoms with Gasteiger partial charge in [0.1, 0.15) is 16.9 Å². The number of aryl methyl sites for hydroxylation is 2. The maximum Gasteiger partial charge on any atom is 0.127 e. The number of aromatic hydroxyl groups is 1. The summed E-state index contributed by atoms with van der Waals surface area (Å²) in [7, 11) is 0. The van der Waals surface area contributed by atoms with Gasteiger partial charge in [-0.1, -0.05) is 30.3 Å². The summed E-state index contributed by atoms with van der Waals surface area (Å²) in [6, 6.07) is 11.8. The first-order valence-electron chi connectivity index (χ1n) is 7.54. The third-order valence-corrected chi connectivity index (χ3v) is 5.52. The van der Waals surface area contributed by atoms with Crippen LogP contribution in [0, 0.1) is 13.8 Å². The number of thiophene rings is 1. The smallest absolute Gasteiger partial charge is 0.127 e. The van der Waals surface area contributed by atoms with Crippen LogP contribution in [0.4, 0.5) is 0 Å². The fraction of sp³-hybridized carbons (Fsp3) is 0.158. The Morgan fingerprint density at radius 2 is 1.87 bits per heavy atom. The van der Waals surface area contributed by atoms with Crippen LogP contribution in [0.2, 0.25) is 0 Å². The quantitative estimate of drug-likeness (QED) is 0.579. The molecular formula is C19H16N2OS. The summed E-state index contributed by atoms with van der Waals surface area (Å²) in [5, 5.41) is 13.7. The van der Waals surface area contributed by atoms with Crippen molar-refractivity contribution in [2.75, 3.05) is 0 Å². The SMILES string of the molecule is Cc1sc2ncnc(Cc3c(O)ccc4ccccc34)c2c1C. The number of fused-ring (bicyclic) bond motifs is 2. The summed E-state index contributed by atoms with van der Waals surface area (Å²) in [4.78, 5) is 11.2. The molecule has 0 spiro atoms. The summed E-state index contributed by atoms with van der Waals surface area (Å²) in [6.07, 6.45) is 2.22. The van der Waals surface area contributed by atoms with Crippen LogP contribution >= 0.6 is 11.3 Å². The van der Waals surface area contributed by atoms with Gasteiger partial charge >= 0.3 is 0 Å². The van der Waals surface area contributed by atoms with Crippen LogP contribution in [0.3, 0.4) is 0 Å². The molecule has 3 nitrogen and oxygen atoms in total. The second-order valence-corrected chi connectivity index (χ2v) is 6.95. The molecule has 0 aliphatic rings. The molecule has 0 saturated carbocycles. The number of hydrogen-bond donors (Lipinski definition) is 1. The van der Waals surface area contributed by atoms with Crippen molar-refractivity contribution in [3.8, 4) is 5.75 Å². The van der Waals surface area contributed by atoms with Gasteiger partial charge in [0.05, 0.1) is 5.69 Å². The molecule has 4 aromatic rings. The fourth-order valence-electron chi connectivity index (χ4n) is 3.07. The zero-order valence-electron chi connectivity index (χ0n) is 13.0. The molecule has 4 heteroatoms. The van der Waals surface area contributed by atoms with Gasteiger partial charge in [0.15, 0.2) is 0 Å². The van der Waals surface area contributed by atoms with Crippen molar-refractivity contribution < 1.29 is 5.11 Å². The monoisotopic (exact) mass is 320 g/mol. The number of phenols is 1. The summed E-state index contributed by atoms with van der Waals surface area (Å²) in [5.41, 5.74) is 3.13. The lowest BCUT2D eigenvalue weighted by Gasteiger charge is -2.10. The Bertz CT molecular complexity index is 1040. The van der Waals surface area contributed by atoms with E-state index in [0.717, 1.165) is 32.2 Å². The predicted molar refractivity (Wildman–Crippen MR) is 95.3 cm³/mol. The number of phenolic OH excluding ortho intramolecular Hbond substituents is 1. The van der Waals surface area contributed by atoms with Gasteiger partial charge in [0.25, 0.3) is 0 Å². The van der Waals surface area contributed by atoms with Gasteiger partial charge in [0, 0.05) is 22.2 Å². The highest BCUT2D eigenvalue weighted by Gasteiger charge is 2.15. The number of hydrogen-bond acceptors (Lipinski definition) is 4. The van der Waals surface area contributed by atoms with Crippen molar-refractivity contribution in [1.29, 1.82) is 0 Å². The van der Waals surface area contributed by atoms with Crippen molar-refractivity contribution in [1.82, 2.24) is 9.97 Å². The minimum Gasteiger partial charge on any atom is -0.508 e. The lowest BCUT2D eigenvalue weighted by molar-refractivity contribution is 0.470. The van der Waals surface area contributed by atoms with Gasteiger partial charge in [-0.15, -0.1) is 11.3 Å². The lowest BCUT2D eigenvalue weighted by Crippen LogP contribution is -1.96. The molecule has 0 radical (unpaired) electrons. The molecule has 0 atom stereocenters. The highest BCUT2D eigenvalue weighted by Crippen LogP contribution is 2.34. The van der Waals surface area contributed by atoms with Crippen LogP contribution in [0.25, 0.3) is 21.0 Å². The summed E-state index contributed by atoms with van der Waals surface area (Å²) < 4.78 is 0. The third-order valence-electron chi connectivity index (χ3n) is 4.40. The van der Waals surface area contributed by atoms with E-state index in [1.54, 1.807) is 23.7 Å². The first-order valence-corrected chi connectivity index (χ1v) is 8.36. The molecule has 0 amide bonds. The molecule has 0 bridgehead atoms. The Hall–Kier alpha value is -2.46.